The molecule has 0 aliphatic carbocycles. The van der Waals surface area contributed by atoms with Gasteiger partial charge in [-0.2, -0.15) is 0 Å². The summed E-state index contributed by atoms with van der Waals surface area (Å²) in [5, 5.41) is 8.69. The first-order chi connectivity index (χ1) is 8.54. The SMILES string of the molecule is CCn1c(/C=C/C(=O)O)nc2ccc(C)c(C)c21. The van der Waals surface area contributed by atoms with Crippen molar-refractivity contribution in [2.75, 3.05) is 0 Å². The number of imidazole rings is 1. The summed E-state index contributed by atoms with van der Waals surface area (Å²) in [6, 6.07) is 4.01. The van der Waals surface area contributed by atoms with Crippen molar-refractivity contribution in [1.29, 1.82) is 0 Å². The lowest BCUT2D eigenvalue weighted by molar-refractivity contribution is -0.131. The van der Waals surface area contributed by atoms with Gasteiger partial charge < -0.3 is 9.67 Å². The van der Waals surface area contributed by atoms with Gasteiger partial charge in [0.25, 0.3) is 0 Å². The van der Waals surface area contributed by atoms with Crippen LogP contribution in [0.25, 0.3) is 17.1 Å². The molecule has 0 fully saturated rings. The van der Waals surface area contributed by atoms with Gasteiger partial charge in [0, 0.05) is 12.6 Å². The molecule has 1 aromatic carbocycles. The van der Waals surface area contributed by atoms with Gasteiger partial charge in [-0.05, 0) is 44.0 Å². The van der Waals surface area contributed by atoms with Crippen LogP contribution >= 0.6 is 0 Å². The van der Waals surface area contributed by atoms with Crippen molar-refractivity contribution in [2.45, 2.75) is 27.3 Å². The van der Waals surface area contributed by atoms with Crippen molar-refractivity contribution in [3.63, 3.8) is 0 Å². The third-order valence-corrected chi connectivity index (χ3v) is 3.15. The lowest BCUT2D eigenvalue weighted by atomic mass is 10.1. The van der Waals surface area contributed by atoms with Gasteiger partial charge in [-0.25, -0.2) is 9.78 Å². The molecule has 1 N–H and O–H groups in total. The quantitative estimate of drug-likeness (QED) is 0.845. The van der Waals surface area contributed by atoms with Crippen LogP contribution in [0.4, 0.5) is 0 Å². The second-order valence-electron chi connectivity index (χ2n) is 4.26. The summed E-state index contributed by atoms with van der Waals surface area (Å²) in [6.07, 6.45) is 2.66. The van der Waals surface area contributed by atoms with Gasteiger partial charge in [0.15, 0.2) is 0 Å². The van der Waals surface area contributed by atoms with Crippen molar-refractivity contribution in [3.05, 3.63) is 35.2 Å². The molecule has 0 saturated carbocycles. The fourth-order valence-corrected chi connectivity index (χ4v) is 2.11. The number of fused-ring (bicyclic) bond motifs is 1. The second kappa shape index (κ2) is 4.64. The predicted octanol–water partition coefficient (Wildman–Crippen LogP) is 2.77. The number of rotatable bonds is 3. The van der Waals surface area contributed by atoms with Crippen LogP contribution < -0.4 is 0 Å². The summed E-state index contributed by atoms with van der Waals surface area (Å²) >= 11 is 0. The van der Waals surface area contributed by atoms with E-state index in [0.29, 0.717) is 5.82 Å². The van der Waals surface area contributed by atoms with Crippen LogP contribution in [-0.2, 0) is 11.3 Å². The second-order valence-corrected chi connectivity index (χ2v) is 4.26. The predicted molar refractivity (Wildman–Crippen MR) is 71.6 cm³/mol. The maximum atomic E-state index is 10.6. The Kier molecular flexibility index (Phi) is 3.19. The molecule has 0 spiro atoms. The summed E-state index contributed by atoms with van der Waals surface area (Å²) in [5.41, 5.74) is 4.40. The van der Waals surface area contributed by atoms with Gasteiger partial charge in [0.2, 0.25) is 0 Å². The first kappa shape index (κ1) is 12.4. The number of hydrogen-bond acceptors (Lipinski definition) is 2. The van der Waals surface area contributed by atoms with Crippen LogP contribution in [0.3, 0.4) is 0 Å². The van der Waals surface area contributed by atoms with Gasteiger partial charge in [-0.3, -0.25) is 0 Å². The first-order valence-corrected chi connectivity index (χ1v) is 5.92. The van der Waals surface area contributed by atoms with Crippen molar-refractivity contribution >= 4 is 23.1 Å². The Hall–Kier alpha value is -2.10. The fourth-order valence-electron chi connectivity index (χ4n) is 2.11. The Morgan fingerprint density at radius 2 is 2.17 bits per heavy atom. The number of nitrogens with zero attached hydrogens (tertiary/aromatic N) is 2. The minimum atomic E-state index is -0.961. The van der Waals surface area contributed by atoms with Crippen LogP contribution in [0.2, 0.25) is 0 Å². The number of aromatic nitrogens is 2. The monoisotopic (exact) mass is 244 g/mol. The highest BCUT2D eigenvalue weighted by molar-refractivity contribution is 5.87. The Bertz CT molecular complexity index is 639. The minimum Gasteiger partial charge on any atom is -0.478 e. The molecule has 4 nitrogen and oxygen atoms in total. The summed E-state index contributed by atoms with van der Waals surface area (Å²) in [4.78, 5) is 15.1. The smallest absolute Gasteiger partial charge is 0.328 e. The van der Waals surface area contributed by atoms with E-state index in [2.05, 4.69) is 18.8 Å². The number of benzene rings is 1. The number of aryl methyl sites for hydroxylation is 3. The van der Waals surface area contributed by atoms with E-state index in [-0.39, 0.29) is 0 Å². The van der Waals surface area contributed by atoms with Crippen molar-refractivity contribution in [2.24, 2.45) is 0 Å². The highest BCUT2D eigenvalue weighted by Crippen LogP contribution is 2.23. The molecule has 4 heteroatoms. The number of hydrogen-bond donors (Lipinski definition) is 1. The molecule has 18 heavy (non-hydrogen) atoms. The Morgan fingerprint density at radius 3 is 2.78 bits per heavy atom. The Balaban J connectivity index is 2.69. The zero-order valence-corrected chi connectivity index (χ0v) is 10.8. The van der Waals surface area contributed by atoms with E-state index < -0.39 is 5.97 Å². The molecular weight excluding hydrogens is 228 g/mol. The van der Waals surface area contributed by atoms with E-state index >= 15 is 0 Å². The lowest BCUT2D eigenvalue weighted by Crippen LogP contribution is -1.99. The summed E-state index contributed by atoms with van der Waals surface area (Å²) in [7, 11) is 0. The summed E-state index contributed by atoms with van der Waals surface area (Å²) < 4.78 is 2.04. The average molecular weight is 244 g/mol. The molecule has 1 heterocycles. The maximum Gasteiger partial charge on any atom is 0.328 e. The highest BCUT2D eigenvalue weighted by Gasteiger charge is 2.10. The molecule has 0 radical (unpaired) electrons. The van der Waals surface area contributed by atoms with E-state index in [4.69, 9.17) is 5.11 Å². The van der Waals surface area contributed by atoms with Crippen LogP contribution in [0.15, 0.2) is 18.2 Å². The first-order valence-electron chi connectivity index (χ1n) is 5.92. The minimum absolute atomic E-state index is 0.684. The van der Waals surface area contributed by atoms with Crippen LogP contribution in [0, 0.1) is 13.8 Å². The molecule has 0 saturated heterocycles. The molecule has 94 valence electrons. The molecule has 2 rings (SSSR count). The molecule has 0 atom stereocenters. The standard InChI is InChI=1S/C14H16N2O2/c1-4-16-12(7-8-13(17)18)15-11-6-5-9(2)10(3)14(11)16/h5-8H,4H2,1-3H3,(H,17,18)/b8-7+. The van der Waals surface area contributed by atoms with Gasteiger partial charge in [-0.1, -0.05) is 6.07 Å². The number of carbonyl (C=O) groups is 1. The zero-order valence-electron chi connectivity index (χ0n) is 10.8. The van der Waals surface area contributed by atoms with E-state index in [1.807, 2.05) is 23.6 Å². The van der Waals surface area contributed by atoms with E-state index in [0.717, 1.165) is 23.7 Å². The zero-order chi connectivity index (χ0) is 13.3. The van der Waals surface area contributed by atoms with Gasteiger partial charge in [0.05, 0.1) is 11.0 Å². The van der Waals surface area contributed by atoms with Crippen LogP contribution in [0.5, 0.6) is 0 Å². The normalized spacial score (nSPS) is 11.5. The maximum absolute atomic E-state index is 10.6. The molecule has 2 aromatic rings. The van der Waals surface area contributed by atoms with E-state index in [1.54, 1.807) is 6.08 Å². The molecule has 0 bridgehead atoms. The van der Waals surface area contributed by atoms with Gasteiger partial charge in [-0.15, -0.1) is 0 Å². The summed E-state index contributed by atoms with van der Waals surface area (Å²) in [6.45, 7) is 6.92. The van der Waals surface area contributed by atoms with Crippen LogP contribution in [-0.4, -0.2) is 20.6 Å². The molecule has 1 aromatic heterocycles. The van der Waals surface area contributed by atoms with Gasteiger partial charge in [0.1, 0.15) is 5.82 Å². The largest absolute Gasteiger partial charge is 0.478 e. The van der Waals surface area contributed by atoms with E-state index in [1.165, 1.54) is 11.1 Å². The lowest BCUT2D eigenvalue weighted by Gasteiger charge is -2.06. The topological polar surface area (TPSA) is 55.1 Å². The van der Waals surface area contributed by atoms with Crippen LogP contribution in [0.1, 0.15) is 23.9 Å². The fraction of sp³-hybridized carbons (Fsp3) is 0.286. The summed E-state index contributed by atoms with van der Waals surface area (Å²) in [5.74, 6) is -0.277. The highest BCUT2D eigenvalue weighted by atomic mass is 16.4. The van der Waals surface area contributed by atoms with Crippen molar-refractivity contribution in [1.82, 2.24) is 9.55 Å². The molecular formula is C14H16N2O2. The number of carboxylic acids is 1. The average Bonchev–Trinajstić information content (AvgIpc) is 2.69. The Morgan fingerprint density at radius 1 is 1.44 bits per heavy atom. The van der Waals surface area contributed by atoms with Gasteiger partial charge >= 0.3 is 5.97 Å². The van der Waals surface area contributed by atoms with Crippen molar-refractivity contribution < 1.29 is 9.90 Å². The number of aliphatic carboxylic acids is 1. The molecule has 0 aliphatic heterocycles. The Labute approximate surface area is 106 Å². The molecule has 0 aliphatic rings. The van der Waals surface area contributed by atoms with E-state index in [9.17, 15) is 4.79 Å². The number of carboxylic acid groups (broad SMARTS) is 1. The molecule has 0 unspecified atom stereocenters. The molecule has 0 amide bonds. The third-order valence-electron chi connectivity index (χ3n) is 3.15. The third kappa shape index (κ3) is 2.01. The van der Waals surface area contributed by atoms with Crippen molar-refractivity contribution in [3.8, 4) is 0 Å².